The Bertz CT molecular complexity index is 194. The van der Waals surface area contributed by atoms with Crippen LogP contribution in [0.5, 0.6) is 0 Å². The lowest BCUT2D eigenvalue weighted by Gasteiger charge is -2.21. The van der Waals surface area contributed by atoms with E-state index in [-0.39, 0.29) is 0 Å². The zero-order valence-corrected chi connectivity index (χ0v) is 8.57. The minimum Gasteiger partial charge on any atom is -0.211 e. The molecule has 2 unspecified atom stereocenters. The highest BCUT2D eigenvalue weighted by Crippen LogP contribution is 2.45. The smallest absolute Gasteiger partial charge is 0.135 e. The molecule has 0 aromatic rings. The molecule has 11 heavy (non-hydrogen) atoms. The van der Waals surface area contributed by atoms with Gasteiger partial charge in [0.05, 0.1) is 0 Å². The van der Waals surface area contributed by atoms with Gasteiger partial charge >= 0.3 is 0 Å². The molecule has 2 fully saturated rings. The van der Waals surface area contributed by atoms with Gasteiger partial charge in [-0.15, -0.1) is 23.5 Å². The summed E-state index contributed by atoms with van der Waals surface area (Å²) in [6, 6.07) is 0. The first kappa shape index (κ1) is 8.20. The summed E-state index contributed by atoms with van der Waals surface area (Å²) in [6.07, 6.45) is 5.38. The van der Waals surface area contributed by atoms with E-state index in [9.17, 15) is 4.21 Å². The van der Waals surface area contributed by atoms with Gasteiger partial charge in [-0.25, -0.2) is 4.21 Å². The Kier molecular flexibility index (Phi) is 2.64. The first-order valence-corrected chi connectivity index (χ1v) is 6.40. The van der Waals surface area contributed by atoms with Crippen LogP contribution in [0.2, 0.25) is 0 Å². The van der Waals surface area contributed by atoms with E-state index >= 15 is 0 Å². The van der Waals surface area contributed by atoms with E-state index in [1.54, 1.807) is 0 Å². The van der Waals surface area contributed by atoms with Gasteiger partial charge in [-0.1, -0.05) is 12.8 Å². The quantitative estimate of drug-likeness (QED) is 0.565. The average molecular weight is 206 g/mol. The van der Waals surface area contributed by atoms with Gasteiger partial charge in [0.15, 0.2) is 0 Å². The van der Waals surface area contributed by atoms with Crippen molar-refractivity contribution in [3.05, 3.63) is 0 Å². The molecule has 4 heteroatoms. The summed E-state index contributed by atoms with van der Waals surface area (Å²) in [5.74, 6) is 0. The average Bonchev–Trinajstić information content (AvgIpc) is 2.46. The van der Waals surface area contributed by atoms with E-state index in [4.69, 9.17) is 0 Å². The highest BCUT2D eigenvalue weighted by molar-refractivity contribution is 8.48. The SMILES string of the molecule is O=S=C1SC2CCCCC2S1. The third-order valence-electron chi connectivity index (χ3n) is 2.21. The summed E-state index contributed by atoms with van der Waals surface area (Å²) in [6.45, 7) is 0. The number of rotatable bonds is 0. The summed E-state index contributed by atoms with van der Waals surface area (Å²) in [4.78, 5) is 0. The molecular formula is C7H10OS3. The zero-order chi connectivity index (χ0) is 7.68. The number of thioether (sulfide) groups is 2. The van der Waals surface area contributed by atoms with E-state index in [0.717, 1.165) is 14.0 Å². The zero-order valence-electron chi connectivity index (χ0n) is 6.12. The second-order valence-corrected chi connectivity index (χ2v) is 6.78. The maximum Gasteiger partial charge on any atom is 0.135 e. The van der Waals surface area contributed by atoms with Gasteiger partial charge in [0, 0.05) is 10.5 Å². The van der Waals surface area contributed by atoms with Crippen LogP contribution in [0.1, 0.15) is 25.7 Å². The molecule has 1 aliphatic carbocycles. The monoisotopic (exact) mass is 206 g/mol. The topological polar surface area (TPSA) is 17.1 Å². The maximum atomic E-state index is 10.5. The Labute approximate surface area is 78.8 Å². The van der Waals surface area contributed by atoms with Crippen LogP contribution in [-0.4, -0.2) is 18.2 Å². The summed E-state index contributed by atoms with van der Waals surface area (Å²) >= 11 is 4.34. The Morgan fingerprint density at radius 2 is 1.73 bits per heavy atom. The van der Waals surface area contributed by atoms with Crippen LogP contribution in [0.25, 0.3) is 0 Å². The lowest BCUT2D eigenvalue weighted by molar-refractivity contribution is 0.532. The normalized spacial score (nSPS) is 36.9. The minimum absolute atomic E-state index is 0.691. The fraction of sp³-hybridized carbons (Fsp3) is 0.857. The van der Waals surface area contributed by atoms with Crippen LogP contribution in [0.3, 0.4) is 0 Å². The van der Waals surface area contributed by atoms with Crippen LogP contribution in [0.4, 0.5) is 0 Å². The Morgan fingerprint density at radius 3 is 2.18 bits per heavy atom. The van der Waals surface area contributed by atoms with E-state index < -0.39 is 0 Å². The van der Waals surface area contributed by atoms with Crippen LogP contribution in [-0.2, 0) is 11.3 Å². The van der Waals surface area contributed by atoms with Crippen molar-refractivity contribution in [3.8, 4) is 0 Å². The molecule has 1 aliphatic heterocycles. The third kappa shape index (κ3) is 1.68. The first-order valence-electron chi connectivity index (χ1n) is 3.90. The number of hydrogen-bond acceptors (Lipinski definition) is 3. The van der Waals surface area contributed by atoms with Crippen molar-refractivity contribution in [2.75, 3.05) is 0 Å². The molecule has 0 bridgehead atoms. The largest absolute Gasteiger partial charge is 0.211 e. The van der Waals surface area contributed by atoms with E-state index in [1.807, 2.05) is 23.5 Å². The second kappa shape index (κ2) is 3.54. The van der Waals surface area contributed by atoms with Crippen molar-refractivity contribution >= 4 is 38.3 Å². The first-order chi connectivity index (χ1) is 5.40. The summed E-state index contributed by atoms with van der Waals surface area (Å²) < 4.78 is 11.6. The molecule has 62 valence electrons. The molecule has 0 aromatic carbocycles. The lowest BCUT2D eigenvalue weighted by atomic mass is 10.00. The predicted octanol–water partition coefficient (Wildman–Crippen LogP) is 2.08. The fourth-order valence-corrected chi connectivity index (χ4v) is 5.64. The van der Waals surface area contributed by atoms with Crippen molar-refractivity contribution in [1.82, 2.24) is 0 Å². The summed E-state index contributed by atoms with van der Waals surface area (Å²) in [7, 11) is 0. The van der Waals surface area contributed by atoms with Crippen LogP contribution < -0.4 is 0 Å². The number of fused-ring (bicyclic) bond motifs is 1. The standard InChI is InChI=1S/C7H10OS3/c8-11-7-9-5-3-1-2-4-6(5)10-7/h5-6H,1-4H2. The molecule has 1 saturated carbocycles. The fourth-order valence-electron chi connectivity index (χ4n) is 1.65. The van der Waals surface area contributed by atoms with Gasteiger partial charge in [0.1, 0.15) is 14.8 Å². The summed E-state index contributed by atoms with van der Waals surface area (Å²) in [5.41, 5.74) is 0. The molecule has 2 rings (SSSR count). The Morgan fingerprint density at radius 1 is 1.18 bits per heavy atom. The Hall–Kier alpha value is 0.590. The van der Waals surface area contributed by atoms with Gasteiger partial charge in [0.25, 0.3) is 0 Å². The highest BCUT2D eigenvalue weighted by atomic mass is 32.2. The molecule has 0 radical (unpaired) electrons. The van der Waals surface area contributed by atoms with Gasteiger partial charge in [-0.05, 0) is 12.8 Å². The van der Waals surface area contributed by atoms with Gasteiger partial charge in [-0.2, -0.15) is 0 Å². The highest BCUT2D eigenvalue weighted by Gasteiger charge is 2.34. The molecule has 0 aromatic heterocycles. The van der Waals surface area contributed by atoms with E-state index in [0.29, 0.717) is 11.3 Å². The van der Waals surface area contributed by atoms with Crippen LogP contribution >= 0.6 is 23.5 Å². The van der Waals surface area contributed by atoms with Crippen molar-refractivity contribution in [3.63, 3.8) is 0 Å². The minimum atomic E-state index is 0.691. The van der Waals surface area contributed by atoms with Crippen molar-refractivity contribution in [2.45, 2.75) is 36.2 Å². The van der Waals surface area contributed by atoms with E-state index in [2.05, 4.69) is 0 Å². The molecule has 0 N–H and O–H groups in total. The molecular weight excluding hydrogens is 196 g/mol. The van der Waals surface area contributed by atoms with Gasteiger partial charge in [0.2, 0.25) is 0 Å². The van der Waals surface area contributed by atoms with Crippen molar-refractivity contribution < 1.29 is 4.21 Å². The van der Waals surface area contributed by atoms with Crippen molar-refractivity contribution in [1.29, 1.82) is 0 Å². The molecule has 1 heterocycles. The molecule has 2 aliphatic rings. The molecule has 2 atom stereocenters. The van der Waals surface area contributed by atoms with Crippen LogP contribution in [0, 0.1) is 0 Å². The Balaban J connectivity index is 2.09. The maximum absolute atomic E-state index is 10.5. The molecule has 1 nitrogen and oxygen atoms in total. The van der Waals surface area contributed by atoms with Crippen molar-refractivity contribution in [2.24, 2.45) is 0 Å². The molecule has 0 spiro atoms. The third-order valence-corrected chi connectivity index (χ3v) is 6.20. The van der Waals surface area contributed by atoms with Crippen LogP contribution in [0.15, 0.2) is 0 Å². The molecule has 0 amide bonds. The van der Waals surface area contributed by atoms with Gasteiger partial charge in [-0.3, -0.25) is 0 Å². The second-order valence-electron chi connectivity index (χ2n) is 2.93. The van der Waals surface area contributed by atoms with Gasteiger partial charge < -0.3 is 0 Å². The number of hydrogen-bond donors (Lipinski definition) is 0. The predicted molar refractivity (Wildman–Crippen MR) is 54.4 cm³/mol. The summed E-state index contributed by atoms with van der Waals surface area (Å²) in [5, 5.41) is 1.54. The lowest BCUT2D eigenvalue weighted by Crippen LogP contribution is -2.19. The molecule has 1 saturated heterocycles. The van der Waals surface area contributed by atoms with E-state index in [1.165, 1.54) is 25.7 Å².